The van der Waals surface area contributed by atoms with E-state index in [1.165, 1.54) is 18.4 Å². The second-order valence-electron chi connectivity index (χ2n) is 7.23. The van der Waals surface area contributed by atoms with Gasteiger partial charge in [-0.05, 0) is 30.5 Å². The van der Waals surface area contributed by atoms with E-state index in [-0.39, 0.29) is 41.8 Å². The van der Waals surface area contributed by atoms with E-state index in [1.54, 1.807) is 0 Å². The van der Waals surface area contributed by atoms with Crippen molar-refractivity contribution in [1.29, 1.82) is 0 Å². The van der Waals surface area contributed by atoms with E-state index in [0.717, 1.165) is 32.1 Å². The van der Waals surface area contributed by atoms with E-state index in [2.05, 4.69) is 65.4 Å². The number of nitrogens with one attached hydrogen (secondary N) is 1. The maximum absolute atomic E-state index is 12.0. The summed E-state index contributed by atoms with van der Waals surface area (Å²) < 4.78 is 4.95. The second kappa shape index (κ2) is 10.7. The van der Waals surface area contributed by atoms with Crippen LogP contribution in [0.15, 0.2) is 41.4 Å². The van der Waals surface area contributed by atoms with Gasteiger partial charge in [0.25, 0.3) is 0 Å². The van der Waals surface area contributed by atoms with Crippen LogP contribution in [0.4, 0.5) is 5.69 Å². The first-order valence-electron chi connectivity index (χ1n) is 9.72. The van der Waals surface area contributed by atoms with Gasteiger partial charge in [-0.1, -0.05) is 31.2 Å². The molecule has 0 aromatic heterocycles. The van der Waals surface area contributed by atoms with E-state index in [0.29, 0.717) is 13.1 Å². The van der Waals surface area contributed by atoms with Gasteiger partial charge in [0.1, 0.15) is 0 Å². The molecule has 2 aliphatic rings. The van der Waals surface area contributed by atoms with Crippen LogP contribution in [0.5, 0.6) is 0 Å². The van der Waals surface area contributed by atoms with Crippen LogP contribution >= 0.6 is 24.0 Å². The number of anilines is 1. The Hall–Kier alpha value is -1.77. The van der Waals surface area contributed by atoms with Crippen LogP contribution in [0, 0.1) is 11.8 Å². The summed E-state index contributed by atoms with van der Waals surface area (Å²) >= 11 is 0. The fraction of sp³-hybridized carbons (Fsp3) is 0.524. The van der Waals surface area contributed by atoms with Crippen LogP contribution in [-0.4, -0.2) is 56.7 Å². The Labute approximate surface area is 185 Å². The van der Waals surface area contributed by atoms with Crippen LogP contribution in [-0.2, 0) is 16.1 Å². The molecule has 2 atom stereocenters. The standard InChI is InChI=1S/C21H30N4O2.HI/c1-4-22-21(25-14-16(2)19(15-25)20(26)27-3)23-13-17-8-7-9-18(12-17)24-10-5-6-11-24;/h5-9,12,16,19H,4,10-11,13-15H2,1-3H3,(H,22,23);1H. The van der Waals surface area contributed by atoms with Gasteiger partial charge in [-0.2, -0.15) is 0 Å². The van der Waals surface area contributed by atoms with Gasteiger partial charge in [-0.25, -0.2) is 4.99 Å². The molecule has 2 aliphatic heterocycles. The summed E-state index contributed by atoms with van der Waals surface area (Å²) in [7, 11) is 1.46. The first-order chi connectivity index (χ1) is 13.1. The highest BCUT2D eigenvalue weighted by atomic mass is 127. The minimum absolute atomic E-state index is 0. The molecule has 6 nitrogen and oxygen atoms in total. The highest BCUT2D eigenvalue weighted by molar-refractivity contribution is 14.0. The lowest BCUT2D eigenvalue weighted by Crippen LogP contribution is -2.40. The van der Waals surface area contributed by atoms with E-state index in [4.69, 9.17) is 9.73 Å². The molecule has 1 saturated heterocycles. The molecule has 2 heterocycles. The number of benzene rings is 1. The van der Waals surface area contributed by atoms with Crippen molar-refractivity contribution in [3.05, 3.63) is 42.0 Å². The molecule has 154 valence electrons. The Morgan fingerprint density at radius 2 is 2.04 bits per heavy atom. The average molecular weight is 498 g/mol. The lowest BCUT2D eigenvalue weighted by atomic mass is 9.99. The first kappa shape index (κ1) is 22.5. The van der Waals surface area contributed by atoms with Crippen molar-refractivity contribution in [1.82, 2.24) is 10.2 Å². The minimum Gasteiger partial charge on any atom is -0.469 e. The summed E-state index contributed by atoms with van der Waals surface area (Å²) in [6, 6.07) is 8.57. The topological polar surface area (TPSA) is 57.2 Å². The molecule has 3 rings (SSSR count). The number of methoxy groups -OCH3 is 1. The molecule has 7 heteroatoms. The molecule has 28 heavy (non-hydrogen) atoms. The normalized spacial score (nSPS) is 21.6. The molecule has 1 N–H and O–H groups in total. The number of nitrogens with zero attached hydrogens (tertiary/aromatic N) is 3. The summed E-state index contributed by atoms with van der Waals surface area (Å²) in [5.41, 5.74) is 2.42. The maximum atomic E-state index is 12.0. The van der Waals surface area contributed by atoms with Crippen molar-refractivity contribution in [3.8, 4) is 0 Å². The number of hydrogen-bond donors (Lipinski definition) is 1. The summed E-state index contributed by atoms with van der Waals surface area (Å²) in [6.45, 7) is 8.97. The number of carbonyl (C=O) groups excluding carboxylic acids is 1. The Balaban J connectivity index is 0.00000280. The monoisotopic (exact) mass is 498 g/mol. The third kappa shape index (κ3) is 5.40. The van der Waals surface area contributed by atoms with Crippen LogP contribution in [0.3, 0.4) is 0 Å². The molecule has 2 unspecified atom stereocenters. The van der Waals surface area contributed by atoms with Gasteiger partial charge in [-0.15, -0.1) is 24.0 Å². The summed E-state index contributed by atoms with van der Waals surface area (Å²) in [5, 5.41) is 3.37. The molecule has 0 amide bonds. The smallest absolute Gasteiger partial charge is 0.310 e. The van der Waals surface area contributed by atoms with Crippen LogP contribution in [0.2, 0.25) is 0 Å². The van der Waals surface area contributed by atoms with Gasteiger partial charge >= 0.3 is 5.97 Å². The van der Waals surface area contributed by atoms with Crippen LogP contribution in [0.1, 0.15) is 19.4 Å². The zero-order valence-electron chi connectivity index (χ0n) is 16.9. The van der Waals surface area contributed by atoms with Gasteiger partial charge in [0.05, 0.1) is 19.6 Å². The number of likely N-dealkylation sites (tertiary alicyclic amines) is 1. The quantitative estimate of drug-likeness (QED) is 0.223. The zero-order valence-corrected chi connectivity index (χ0v) is 19.3. The molecular weight excluding hydrogens is 467 g/mol. The largest absolute Gasteiger partial charge is 0.469 e. The Morgan fingerprint density at radius 3 is 2.71 bits per heavy atom. The number of hydrogen-bond acceptors (Lipinski definition) is 4. The van der Waals surface area contributed by atoms with Crippen molar-refractivity contribution in [2.24, 2.45) is 16.8 Å². The molecule has 1 fully saturated rings. The molecular formula is C21H31IN4O2. The van der Waals surface area contributed by atoms with Gasteiger partial charge in [0.15, 0.2) is 5.96 Å². The molecule has 0 aliphatic carbocycles. The van der Waals surface area contributed by atoms with Gasteiger partial charge in [0, 0.05) is 38.4 Å². The fourth-order valence-electron chi connectivity index (χ4n) is 3.73. The van der Waals surface area contributed by atoms with Crippen molar-refractivity contribution in [2.45, 2.75) is 20.4 Å². The zero-order chi connectivity index (χ0) is 19.2. The maximum Gasteiger partial charge on any atom is 0.310 e. The highest BCUT2D eigenvalue weighted by Gasteiger charge is 2.36. The van der Waals surface area contributed by atoms with E-state index in [1.807, 2.05) is 0 Å². The average Bonchev–Trinajstić information content (AvgIpc) is 3.35. The number of aliphatic imine (C=N–C) groups is 1. The third-order valence-corrected chi connectivity index (χ3v) is 5.26. The second-order valence-corrected chi connectivity index (χ2v) is 7.23. The predicted octanol–water partition coefficient (Wildman–Crippen LogP) is 2.89. The lowest BCUT2D eigenvalue weighted by Gasteiger charge is -2.22. The van der Waals surface area contributed by atoms with Crippen molar-refractivity contribution < 1.29 is 9.53 Å². The van der Waals surface area contributed by atoms with Crippen molar-refractivity contribution >= 4 is 41.6 Å². The van der Waals surface area contributed by atoms with Gasteiger partial charge < -0.3 is 19.9 Å². The fourth-order valence-corrected chi connectivity index (χ4v) is 3.73. The highest BCUT2D eigenvalue weighted by Crippen LogP contribution is 2.24. The van der Waals surface area contributed by atoms with E-state index in [9.17, 15) is 4.79 Å². The predicted molar refractivity (Wildman–Crippen MR) is 124 cm³/mol. The van der Waals surface area contributed by atoms with Crippen LogP contribution < -0.4 is 10.2 Å². The van der Waals surface area contributed by atoms with E-state index >= 15 is 0 Å². The molecule has 0 saturated carbocycles. The van der Waals surface area contributed by atoms with Crippen molar-refractivity contribution in [2.75, 3.05) is 44.7 Å². The Morgan fingerprint density at radius 1 is 1.29 bits per heavy atom. The number of carbonyl (C=O) groups is 1. The first-order valence-corrected chi connectivity index (χ1v) is 9.72. The molecule has 0 radical (unpaired) electrons. The minimum atomic E-state index is -0.132. The number of esters is 1. The summed E-state index contributed by atoms with van der Waals surface area (Å²) in [4.78, 5) is 21.3. The number of halogens is 1. The summed E-state index contributed by atoms with van der Waals surface area (Å²) in [6.07, 6.45) is 4.39. The Bertz CT molecular complexity index is 714. The lowest BCUT2D eigenvalue weighted by molar-refractivity contribution is -0.145. The number of guanidine groups is 1. The molecule has 1 aromatic carbocycles. The SMILES string of the molecule is CCNC(=NCc1cccc(N2CC=CC2)c1)N1CC(C)C(C(=O)OC)C1.I. The molecule has 0 bridgehead atoms. The Kier molecular flexibility index (Phi) is 8.59. The third-order valence-electron chi connectivity index (χ3n) is 5.26. The molecule has 1 aromatic rings. The number of ether oxygens (including phenoxy) is 1. The van der Waals surface area contributed by atoms with Crippen molar-refractivity contribution in [3.63, 3.8) is 0 Å². The summed E-state index contributed by atoms with van der Waals surface area (Å²) in [5.74, 6) is 0.897. The van der Waals surface area contributed by atoms with Crippen LogP contribution in [0.25, 0.3) is 0 Å². The number of rotatable bonds is 5. The molecule has 0 spiro atoms. The van der Waals surface area contributed by atoms with E-state index < -0.39 is 0 Å². The van der Waals surface area contributed by atoms with Gasteiger partial charge in [-0.3, -0.25) is 4.79 Å². The van der Waals surface area contributed by atoms with Gasteiger partial charge in [0.2, 0.25) is 0 Å².